The minimum atomic E-state index is 0.514. The molecule has 1 aliphatic rings. The van der Waals surface area contributed by atoms with Crippen LogP contribution in [0.4, 0.5) is 5.69 Å². The highest BCUT2D eigenvalue weighted by atomic mass is 32.1. The summed E-state index contributed by atoms with van der Waals surface area (Å²) in [4.78, 5) is 4.82. The summed E-state index contributed by atoms with van der Waals surface area (Å²) in [5, 5.41) is 4.32. The van der Waals surface area contributed by atoms with Crippen molar-refractivity contribution < 1.29 is 0 Å². The Balaban J connectivity index is 1.69. The van der Waals surface area contributed by atoms with E-state index in [1.165, 1.54) is 24.0 Å². The molecule has 138 valence electrons. The van der Waals surface area contributed by atoms with Crippen molar-refractivity contribution in [2.45, 2.75) is 32.2 Å². The van der Waals surface area contributed by atoms with Gasteiger partial charge in [0.1, 0.15) is 0 Å². The van der Waals surface area contributed by atoms with Crippen molar-refractivity contribution in [3.05, 3.63) is 65.7 Å². The van der Waals surface area contributed by atoms with E-state index < -0.39 is 0 Å². The molecule has 1 aliphatic heterocycles. The molecule has 3 rings (SSSR count). The zero-order valence-electron chi connectivity index (χ0n) is 15.8. The number of anilines is 1. The Kier molecular flexibility index (Phi) is 6.64. The van der Waals surface area contributed by atoms with Gasteiger partial charge in [-0.05, 0) is 81.8 Å². The van der Waals surface area contributed by atoms with Crippen LogP contribution in [-0.4, -0.2) is 47.6 Å². The molecule has 4 heteroatoms. The topological polar surface area (TPSA) is 18.5 Å². The molecule has 0 radical (unpaired) electrons. The predicted octanol–water partition coefficient (Wildman–Crippen LogP) is 4.33. The Morgan fingerprint density at radius 1 is 1.12 bits per heavy atom. The van der Waals surface area contributed by atoms with Crippen molar-refractivity contribution >= 4 is 23.0 Å². The van der Waals surface area contributed by atoms with Gasteiger partial charge >= 0.3 is 0 Å². The van der Waals surface area contributed by atoms with Gasteiger partial charge in [0, 0.05) is 18.3 Å². The van der Waals surface area contributed by atoms with Gasteiger partial charge in [0.2, 0.25) is 0 Å². The summed E-state index contributed by atoms with van der Waals surface area (Å²) >= 11 is 5.83. The molecule has 1 heterocycles. The number of hydrogen-bond donors (Lipinski definition) is 1. The third-order valence-corrected chi connectivity index (χ3v) is 5.48. The molecule has 0 atom stereocenters. The molecule has 0 aliphatic carbocycles. The van der Waals surface area contributed by atoms with Gasteiger partial charge in [0.05, 0.1) is 0 Å². The fraction of sp³-hybridized carbons (Fsp3) is 0.409. The molecule has 1 fully saturated rings. The van der Waals surface area contributed by atoms with Crippen LogP contribution in [0.25, 0.3) is 0 Å². The van der Waals surface area contributed by atoms with E-state index in [2.05, 4.69) is 83.7 Å². The van der Waals surface area contributed by atoms with Gasteiger partial charge in [-0.15, -0.1) is 0 Å². The highest BCUT2D eigenvalue weighted by Crippen LogP contribution is 2.19. The second-order valence-corrected chi connectivity index (χ2v) is 7.65. The number of nitrogens with zero attached hydrogens (tertiary/aromatic N) is 2. The maximum Gasteiger partial charge on any atom is 0.173 e. The zero-order chi connectivity index (χ0) is 18.4. The van der Waals surface area contributed by atoms with Gasteiger partial charge in [0.25, 0.3) is 0 Å². The normalized spacial score (nSPS) is 15.6. The van der Waals surface area contributed by atoms with Crippen molar-refractivity contribution in [1.29, 1.82) is 0 Å². The quantitative estimate of drug-likeness (QED) is 0.793. The number of benzene rings is 2. The maximum absolute atomic E-state index is 5.83. The second kappa shape index (κ2) is 9.15. The van der Waals surface area contributed by atoms with Crippen molar-refractivity contribution in [3.63, 3.8) is 0 Å². The molecule has 2 aromatic carbocycles. The average Bonchev–Trinajstić information content (AvgIpc) is 2.64. The van der Waals surface area contributed by atoms with Crippen LogP contribution < -0.4 is 5.32 Å². The lowest BCUT2D eigenvalue weighted by molar-refractivity contribution is 0.178. The van der Waals surface area contributed by atoms with Gasteiger partial charge in [-0.1, -0.05) is 42.5 Å². The molecule has 26 heavy (non-hydrogen) atoms. The van der Waals surface area contributed by atoms with Crippen LogP contribution in [0.3, 0.4) is 0 Å². The van der Waals surface area contributed by atoms with Crippen LogP contribution >= 0.6 is 12.2 Å². The Hall–Kier alpha value is -1.91. The monoisotopic (exact) mass is 367 g/mol. The fourth-order valence-corrected chi connectivity index (χ4v) is 3.93. The Bertz CT molecular complexity index is 708. The van der Waals surface area contributed by atoms with Crippen LogP contribution in [-0.2, 0) is 6.42 Å². The molecule has 3 nitrogen and oxygen atoms in total. The molecule has 0 saturated carbocycles. The van der Waals surface area contributed by atoms with Crippen LogP contribution in [0.5, 0.6) is 0 Å². The van der Waals surface area contributed by atoms with Crippen molar-refractivity contribution in [2.75, 3.05) is 32.0 Å². The SMILES string of the molecule is Cc1cccc(NC(=S)N(CCc2ccccc2)C2CCN(C)CC2)c1. The van der Waals surface area contributed by atoms with Crippen LogP contribution in [0.1, 0.15) is 24.0 Å². The highest BCUT2D eigenvalue weighted by molar-refractivity contribution is 7.80. The molecular formula is C22H29N3S. The fourth-order valence-electron chi connectivity index (χ4n) is 3.57. The Morgan fingerprint density at radius 2 is 1.85 bits per heavy atom. The third-order valence-electron chi connectivity index (χ3n) is 5.14. The highest BCUT2D eigenvalue weighted by Gasteiger charge is 2.25. The first-order valence-corrected chi connectivity index (χ1v) is 9.89. The van der Waals surface area contributed by atoms with E-state index in [0.717, 1.165) is 36.9 Å². The van der Waals surface area contributed by atoms with E-state index in [-0.39, 0.29) is 0 Å². The lowest BCUT2D eigenvalue weighted by atomic mass is 10.0. The van der Waals surface area contributed by atoms with E-state index >= 15 is 0 Å². The molecule has 0 bridgehead atoms. The number of thiocarbonyl (C=S) groups is 1. The number of rotatable bonds is 5. The van der Waals surface area contributed by atoms with Crippen molar-refractivity contribution in [1.82, 2.24) is 9.80 Å². The number of nitrogens with one attached hydrogen (secondary N) is 1. The number of piperidine rings is 1. The molecule has 0 aromatic heterocycles. The summed E-state index contributed by atoms with van der Waals surface area (Å²) in [6, 6.07) is 19.6. The number of likely N-dealkylation sites (tertiary alicyclic amines) is 1. The minimum absolute atomic E-state index is 0.514. The predicted molar refractivity (Wildman–Crippen MR) is 115 cm³/mol. The summed E-state index contributed by atoms with van der Waals surface area (Å²) in [7, 11) is 2.20. The lowest BCUT2D eigenvalue weighted by Gasteiger charge is -2.39. The van der Waals surface area contributed by atoms with Crippen molar-refractivity contribution in [3.8, 4) is 0 Å². The van der Waals surface area contributed by atoms with E-state index in [0.29, 0.717) is 6.04 Å². The van der Waals surface area contributed by atoms with Gasteiger partial charge in [-0.3, -0.25) is 0 Å². The Labute approximate surface area is 163 Å². The largest absolute Gasteiger partial charge is 0.346 e. The molecule has 2 aromatic rings. The first-order chi connectivity index (χ1) is 12.6. The van der Waals surface area contributed by atoms with E-state index in [9.17, 15) is 0 Å². The molecular weight excluding hydrogens is 338 g/mol. The van der Waals surface area contributed by atoms with Gasteiger partial charge in [-0.25, -0.2) is 0 Å². The summed E-state index contributed by atoms with van der Waals surface area (Å²) in [6.07, 6.45) is 3.35. The zero-order valence-corrected chi connectivity index (χ0v) is 16.6. The van der Waals surface area contributed by atoms with Gasteiger partial charge in [0.15, 0.2) is 5.11 Å². The van der Waals surface area contributed by atoms with Crippen LogP contribution in [0, 0.1) is 6.92 Å². The molecule has 1 saturated heterocycles. The van der Waals surface area contributed by atoms with Crippen LogP contribution in [0.15, 0.2) is 54.6 Å². The van der Waals surface area contributed by atoms with Gasteiger partial charge in [-0.2, -0.15) is 0 Å². The Morgan fingerprint density at radius 3 is 2.54 bits per heavy atom. The average molecular weight is 368 g/mol. The van der Waals surface area contributed by atoms with Crippen molar-refractivity contribution in [2.24, 2.45) is 0 Å². The van der Waals surface area contributed by atoms with E-state index in [1.807, 2.05) is 0 Å². The summed E-state index contributed by atoms with van der Waals surface area (Å²) in [6.45, 7) is 5.34. The lowest BCUT2D eigenvalue weighted by Crippen LogP contribution is -2.48. The second-order valence-electron chi connectivity index (χ2n) is 7.26. The number of hydrogen-bond acceptors (Lipinski definition) is 2. The van der Waals surface area contributed by atoms with Gasteiger partial charge < -0.3 is 15.1 Å². The van der Waals surface area contributed by atoms with E-state index in [1.54, 1.807) is 0 Å². The molecule has 1 N–H and O–H groups in total. The third kappa shape index (κ3) is 5.29. The first kappa shape index (κ1) is 18.9. The first-order valence-electron chi connectivity index (χ1n) is 9.48. The summed E-state index contributed by atoms with van der Waals surface area (Å²) in [5.41, 5.74) is 3.68. The summed E-state index contributed by atoms with van der Waals surface area (Å²) in [5.74, 6) is 0. The smallest absolute Gasteiger partial charge is 0.173 e. The molecule has 0 spiro atoms. The minimum Gasteiger partial charge on any atom is -0.346 e. The standard InChI is InChI=1S/C22H29N3S/c1-18-7-6-10-20(17-18)23-22(26)25(21-12-14-24(2)15-13-21)16-11-19-8-4-3-5-9-19/h3-10,17,21H,11-16H2,1-2H3,(H,23,26). The molecule has 0 unspecified atom stereocenters. The number of aryl methyl sites for hydroxylation is 1. The molecule has 0 amide bonds. The summed E-state index contributed by atoms with van der Waals surface area (Å²) < 4.78 is 0. The maximum atomic E-state index is 5.83. The van der Waals surface area contributed by atoms with E-state index in [4.69, 9.17) is 12.2 Å². The van der Waals surface area contributed by atoms with Crippen LogP contribution in [0.2, 0.25) is 0 Å².